The molecule has 0 aromatic heterocycles. The van der Waals surface area contributed by atoms with Crippen molar-refractivity contribution in [2.75, 3.05) is 7.11 Å². The molecule has 1 saturated carbocycles. The van der Waals surface area contributed by atoms with Crippen molar-refractivity contribution in [3.8, 4) is 11.5 Å². The van der Waals surface area contributed by atoms with Gasteiger partial charge in [0.2, 0.25) is 0 Å². The van der Waals surface area contributed by atoms with Crippen LogP contribution < -0.4 is 4.74 Å². The summed E-state index contributed by atoms with van der Waals surface area (Å²) < 4.78 is 5.38. The summed E-state index contributed by atoms with van der Waals surface area (Å²) in [5.74, 6) is 1.12. The molecule has 0 spiro atoms. The van der Waals surface area contributed by atoms with Crippen molar-refractivity contribution >= 4 is 12.5 Å². The SMILES string of the molecule is CCC=O.COc1cc(C=NC2CCCCC2)c(O)c(CC(C)(C)C)c1. The number of aromatic hydroxyl groups is 1. The molecule has 0 amide bonds. The molecular weight excluding hydrogens is 326 g/mol. The second-order valence-electron chi connectivity index (χ2n) is 8.11. The lowest BCUT2D eigenvalue weighted by atomic mass is 9.87. The Labute approximate surface area is 158 Å². The molecule has 1 aromatic carbocycles. The van der Waals surface area contributed by atoms with E-state index in [4.69, 9.17) is 4.74 Å². The first-order chi connectivity index (χ1) is 12.3. The minimum atomic E-state index is 0.113. The minimum absolute atomic E-state index is 0.113. The van der Waals surface area contributed by atoms with Crippen LogP contribution in [0.5, 0.6) is 11.5 Å². The zero-order valence-electron chi connectivity index (χ0n) is 17.0. The van der Waals surface area contributed by atoms with Gasteiger partial charge in [-0.1, -0.05) is 47.0 Å². The van der Waals surface area contributed by atoms with Crippen molar-refractivity contribution in [2.24, 2.45) is 10.4 Å². The number of benzene rings is 1. The molecule has 0 unspecified atom stereocenters. The minimum Gasteiger partial charge on any atom is -0.507 e. The van der Waals surface area contributed by atoms with Crippen molar-refractivity contribution in [1.29, 1.82) is 0 Å². The molecule has 0 saturated heterocycles. The smallest absolute Gasteiger partial charge is 0.127 e. The maximum Gasteiger partial charge on any atom is 0.127 e. The predicted octanol–water partition coefficient (Wildman–Crippen LogP) is 5.34. The molecule has 0 aliphatic heterocycles. The van der Waals surface area contributed by atoms with Crippen molar-refractivity contribution in [2.45, 2.75) is 78.7 Å². The number of hydrogen-bond donors (Lipinski definition) is 1. The molecular formula is C22H35NO3. The highest BCUT2D eigenvalue weighted by Crippen LogP contribution is 2.33. The zero-order valence-corrected chi connectivity index (χ0v) is 17.0. The number of rotatable bonds is 5. The molecule has 4 heteroatoms. The van der Waals surface area contributed by atoms with Crippen LogP contribution in [0, 0.1) is 5.41 Å². The largest absolute Gasteiger partial charge is 0.507 e. The lowest BCUT2D eigenvalue weighted by Gasteiger charge is -2.20. The Balaban J connectivity index is 0.000000765. The maximum atomic E-state index is 10.6. The number of phenols is 1. The number of aliphatic imine (C=N–C) groups is 1. The Hall–Kier alpha value is -1.84. The normalized spacial score (nSPS) is 15.4. The van der Waals surface area contributed by atoms with Crippen molar-refractivity contribution in [3.63, 3.8) is 0 Å². The molecule has 26 heavy (non-hydrogen) atoms. The van der Waals surface area contributed by atoms with Crippen LogP contribution in [0.1, 0.15) is 77.3 Å². The van der Waals surface area contributed by atoms with E-state index in [-0.39, 0.29) is 5.41 Å². The quantitative estimate of drug-likeness (QED) is 0.569. The monoisotopic (exact) mass is 361 g/mol. The molecule has 1 aliphatic rings. The van der Waals surface area contributed by atoms with E-state index in [0.717, 1.165) is 42.4 Å². The third-order valence-electron chi connectivity index (χ3n) is 4.31. The fourth-order valence-corrected chi connectivity index (χ4v) is 3.03. The highest BCUT2D eigenvalue weighted by Gasteiger charge is 2.17. The van der Waals surface area contributed by atoms with Crippen LogP contribution in [-0.2, 0) is 11.2 Å². The molecule has 0 bridgehead atoms. The van der Waals surface area contributed by atoms with E-state index in [1.807, 2.05) is 25.3 Å². The van der Waals surface area contributed by atoms with Crippen molar-refractivity contribution in [3.05, 3.63) is 23.3 Å². The number of methoxy groups -OCH3 is 1. The number of carbonyl (C=O) groups excluding carboxylic acids is 1. The van der Waals surface area contributed by atoms with E-state index in [0.29, 0.717) is 18.2 Å². The number of nitrogens with zero attached hydrogens (tertiary/aromatic N) is 1. The maximum absolute atomic E-state index is 10.6. The number of hydrogen-bond acceptors (Lipinski definition) is 4. The standard InChI is InChI=1S/C19H29NO2.C3H6O/c1-19(2,3)12-14-10-17(22-4)11-15(18(14)21)13-20-16-8-6-5-7-9-16;1-2-3-4/h10-11,13,16,21H,5-9,12H2,1-4H3;3H,2H2,1H3. The number of aldehydes is 1. The Morgan fingerprint density at radius 2 is 1.85 bits per heavy atom. The zero-order chi connectivity index (χ0) is 19.6. The molecule has 1 fully saturated rings. The summed E-state index contributed by atoms with van der Waals surface area (Å²) in [7, 11) is 1.66. The Morgan fingerprint density at radius 3 is 2.35 bits per heavy atom. The summed E-state index contributed by atoms with van der Waals surface area (Å²) in [4.78, 5) is 13.9. The fourth-order valence-electron chi connectivity index (χ4n) is 3.03. The third kappa shape index (κ3) is 8.03. The van der Waals surface area contributed by atoms with Gasteiger partial charge in [0.1, 0.15) is 17.8 Å². The highest BCUT2D eigenvalue weighted by atomic mass is 16.5. The van der Waals surface area contributed by atoms with E-state index in [1.165, 1.54) is 19.3 Å². The molecule has 0 radical (unpaired) electrons. The second-order valence-corrected chi connectivity index (χ2v) is 8.11. The number of carbonyl (C=O) groups is 1. The molecule has 2 rings (SSSR count). The van der Waals surface area contributed by atoms with Gasteiger partial charge in [-0.2, -0.15) is 0 Å². The van der Waals surface area contributed by atoms with Gasteiger partial charge in [0, 0.05) is 24.2 Å². The molecule has 1 aromatic rings. The third-order valence-corrected chi connectivity index (χ3v) is 4.31. The topological polar surface area (TPSA) is 58.9 Å². The first-order valence-corrected chi connectivity index (χ1v) is 9.67. The van der Waals surface area contributed by atoms with Gasteiger partial charge in [-0.05, 0) is 42.4 Å². The van der Waals surface area contributed by atoms with E-state index in [1.54, 1.807) is 7.11 Å². The Bertz CT molecular complexity index is 582. The van der Waals surface area contributed by atoms with E-state index in [2.05, 4.69) is 25.8 Å². The van der Waals surface area contributed by atoms with Gasteiger partial charge < -0.3 is 14.6 Å². The van der Waals surface area contributed by atoms with Crippen LogP contribution in [0.15, 0.2) is 17.1 Å². The fraction of sp³-hybridized carbons (Fsp3) is 0.636. The van der Waals surface area contributed by atoms with Gasteiger partial charge in [-0.3, -0.25) is 4.99 Å². The first kappa shape index (κ1) is 22.2. The van der Waals surface area contributed by atoms with Crippen LogP contribution in [-0.4, -0.2) is 30.8 Å². The van der Waals surface area contributed by atoms with Gasteiger partial charge in [0.05, 0.1) is 7.11 Å². The van der Waals surface area contributed by atoms with Crippen LogP contribution in [0.3, 0.4) is 0 Å². The summed E-state index contributed by atoms with van der Waals surface area (Å²) >= 11 is 0. The predicted molar refractivity (Wildman–Crippen MR) is 109 cm³/mol. The Morgan fingerprint density at radius 1 is 1.23 bits per heavy atom. The summed E-state index contributed by atoms with van der Waals surface area (Å²) in [6.07, 6.45) is 10.3. The number of phenolic OH excluding ortho intramolecular Hbond substituents is 1. The lowest BCUT2D eigenvalue weighted by Crippen LogP contribution is -2.11. The van der Waals surface area contributed by atoms with Crippen LogP contribution in [0.25, 0.3) is 0 Å². The van der Waals surface area contributed by atoms with Crippen LogP contribution in [0.4, 0.5) is 0 Å². The van der Waals surface area contributed by atoms with E-state index >= 15 is 0 Å². The average Bonchev–Trinajstić information content (AvgIpc) is 2.62. The lowest BCUT2D eigenvalue weighted by molar-refractivity contribution is -0.107. The molecule has 1 N–H and O–H groups in total. The average molecular weight is 362 g/mol. The van der Waals surface area contributed by atoms with E-state index in [9.17, 15) is 9.90 Å². The van der Waals surface area contributed by atoms with E-state index < -0.39 is 0 Å². The van der Waals surface area contributed by atoms with Crippen LogP contribution in [0.2, 0.25) is 0 Å². The molecule has 1 aliphatic carbocycles. The van der Waals surface area contributed by atoms with Gasteiger partial charge in [-0.15, -0.1) is 0 Å². The van der Waals surface area contributed by atoms with Gasteiger partial charge >= 0.3 is 0 Å². The molecule has 4 nitrogen and oxygen atoms in total. The summed E-state index contributed by atoms with van der Waals surface area (Å²) in [6.45, 7) is 8.32. The molecule has 0 atom stereocenters. The second kappa shape index (κ2) is 11.0. The van der Waals surface area contributed by atoms with Gasteiger partial charge in [-0.25, -0.2) is 0 Å². The van der Waals surface area contributed by atoms with Gasteiger partial charge in [0.15, 0.2) is 0 Å². The summed E-state index contributed by atoms with van der Waals surface area (Å²) in [5.41, 5.74) is 1.81. The molecule has 0 heterocycles. The first-order valence-electron chi connectivity index (χ1n) is 9.67. The van der Waals surface area contributed by atoms with Crippen molar-refractivity contribution < 1.29 is 14.6 Å². The number of ether oxygens (including phenoxy) is 1. The van der Waals surface area contributed by atoms with Gasteiger partial charge in [0.25, 0.3) is 0 Å². The molecule has 146 valence electrons. The Kier molecular flexibility index (Phi) is 9.39. The van der Waals surface area contributed by atoms with Crippen molar-refractivity contribution in [1.82, 2.24) is 0 Å². The summed E-state index contributed by atoms with van der Waals surface area (Å²) in [5, 5.41) is 10.6. The summed E-state index contributed by atoms with van der Waals surface area (Å²) in [6, 6.07) is 4.21. The van der Waals surface area contributed by atoms with Crippen LogP contribution >= 0.6 is 0 Å². The highest BCUT2D eigenvalue weighted by molar-refractivity contribution is 5.85.